The van der Waals surface area contributed by atoms with Crippen LogP contribution in [0.15, 0.2) is 18.2 Å². The van der Waals surface area contributed by atoms with Crippen molar-refractivity contribution >= 4 is 17.5 Å². The van der Waals surface area contributed by atoms with Crippen molar-refractivity contribution < 1.29 is 23.3 Å². The molecule has 1 atom stereocenters. The number of rotatable bonds is 3. The number of hydrogen-bond donors (Lipinski definition) is 2. The molecular weight excluding hydrogens is 292 g/mol. The molecule has 22 heavy (non-hydrogen) atoms. The average molecular weight is 312 g/mol. The van der Waals surface area contributed by atoms with Crippen molar-refractivity contribution in [1.29, 1.82) is 0 Å². The maximum Gasteiger partial charge on any atom is 0.282 e. The van der Waals surface area contributed by atoms with Gasteiger partial charge in [-0.25, -0.2) is 8.78 Å². The summed E-state index contributed by atoms with van der Waals surface area (Å²) in [5.74, 6) is -2.15. The van der Waals surface area contributed by atoms with E-state index in [1.807, 2.05) is 0 Å². The van der Waals surface area contributed by atoms with E-state index in [0.717, 1.165) is 17.0 Å². The Kier molecular flexibility index (Phi) is 5.07. The van der Waals surface area contributed by atoms with Gasteiger partial charge in [0, 0.05) is 18.7 Å². The maximum absolute atomic E-state index is 13.1. The van der Waals surface area contributed by atoms with E-state index in [-0.39, 0.29) is 23.5 Å². The Morgan fingerprint density at radius 2 is 1.86 bits per heavy atom. The van der Waals surface area contributed by atoms with Gasteiger partial charge in [-0.15, -0.1) is 0 Å². The molecule has 7 heteroatoms. The molecule has 1 heterocycles. The molecule has 2 N–H and O–H groups in total. The summed E-state index contributed by atoms with van der Waals surface area (Å²) in [4.78, 5) is 26.3. The lowest BCUT2D eigenvalue weighted by Crippen LogP contribution is -3.19. The van der Waals surface area contributed by atoms with Crippen LogP contribution in [0.2, 0.25) is 0 Å². The van der Waals surface area contributed by atoms with Crippen LogP contribution in [0, 0.1) is 11.6 Å². The third-order valence-electron chi connectivity index (χ3n) is 4.04. The van der Waals surface area contributed by atoms with E-state index in [1.165, 1.54) is 13.0 Å². The van der Waals surface area contributed by atoms with Crippen molar-refractivity contribution in [3.05, 3.63) is 29.8 Å². The number of nitrogens with one attached hydrogen (secondary N) is 2. The standard InChI is InChI=1S/C15H19F2N3O2/c1-10(19-5-7-20(8-6-19)11(2)21)15(22)18-12-3-4-13(16)14(17)9-12/h3-4,9-10H,5-8H2,1-2H3,(H,18,22)/p+1/t10-/m1/s1. The zero-order valence-electron chi connectivity index (χ0n) is 12.7. The fraction of sp³-hybridized carbons (Fsp3) is 0.467. The first kappa shape index (κ1) is 16.4. The van der Waals surface area contributed by atoms with Gasteiger partial charge < -0.3 is 15.1 Å². The van der Waals surface area contributed by atoms with Crippen molar-refractivity contribution in [3.8, 4) is 0 Å². The van der Waals surface area contributed by atoms with Gasteiger partial charge in [0.2, 0.25) is 5.91 Å². The SMILES string of the molecule is CC(=O)N1CC[NH+]([C@H](C)C(=O)Nc2ccc(F)c(F)c2)CC1. The second kappa shape index (κ2) is 6.83. The average Bonchev–Trinajstić information content (AvgIpc) is 2.50. The van der Waals surface area contributed by atoms with Crippen LogP contribution in [0.1, 0.15) is 13.8 Å². The van der Waals surface area contributed by atoms with Crippen LogP contribution in [-0.2, 0) is 9.59 Å². The Labute approximate surface area is 127 Å². The number of hydrogen-bond acceptors (Lipinski definition) is 2. The van der Waals surface area contributed by atoms with E-state index in [0.29, 0.717) is 26.2 Å². The number of quaternary nitrogens is 1. The van der Waals surface area contributed by atoms with E-state index in [2.05, 4.69) is 5.32 Å². The molecule has 120 valence electrons. The molecule has 2 rings (SSSR count). The predicted molar refractivity (Wildman–Crippen MR) is 77.4 cm³/mol. The van der Waals surface area contributed by atoms with Crippen LogP contribution in [-0.4, -0.2) is 48.9 Å². The molecule has 0 spiro atoms. The molecule has 1 fully saturated rings. The largest absolute Gasteiger partial charge is 0.332 e. The molecule has 0 unspecified atom stereocenters. The van der Waals surface area contributed by atoms with Gasteiger partial charge in [-0.1, -0.05) is 0 Å². The Hall–Kier alpha value is -2.02. The van der Waals surface area contributed by atoms with Gasteiger partial charge in [-0.3, -0.25) is 9.59 Å². The van der Waals surface area contributed by atoms with Gasteiger partial charge in [-0.2, -0.15) is 0 Å². The van der Waals surface area contributed by atoms with Crippen molar-refractivity contribution in [2.45, 2.75) is 19.9 Å². The van der Waals surface area contributed by atoms with Crippen molar-refractivity contribution in [3.63, 3.8) is 0 Å². The molecular formula is C15H20F2N3O2+. The van der Waals surface area contributed by atoms with Crippen LogP contribution < -0.4 is 10.2 Å². The lowest BCUT2D eigenvalue weighted by Gasteiger charge is -2.34. The Bertz CT molecular complexity index is 572. The summed E-state index contributed by atoms with van der Waals surface area (Å²) in [6, 6.07) is 2.94. The van der Waals surface area contributed by atoms with Crippen molar-refractivity contribution in [2.24, 2.45) is 0 Å². The first-order valence-corrected chi connectivity index (χ1v) is 7.24. The van der Waals surface area contributed by atoms with Crippen LogP contribution in [0.5, 0.6) is 0 Å². The Morgan fingerprint density at radius 3 is 2.41 bits per heavy atom. The van der Waals surface area contributed by atoms with E-state index in [4.69, 9.17) is 0 Å². The van der Waals surface area contributed by atoms with Crippen LogP contribution in [0.3, 0.4) is 0 Å². The molecule has 1 aromatic rings. The summed E-state index contributed by atoms with van der Waals surface area (Å²) in [7, 11) is 0. The zero-order chi connectivity index (χ0) is 16.3. The van der Waals surface area contributed by atoms with Gasteiger partial charge in [0.25, 0.3) is 5.91 Å². The molecule has 0 aliphatic carbocycles. The number of nitrogens with zero attached hydrogens (tertiary/aromatic N) is 1. The van der Waals surface area contributed by atoms with Crippen LogP contribution >= 0.6 is 0 Å². The van der Waals surface area contributed by atoms with Gasteiger partial charge in [0.1, 0.15) is 0 Å². The zero-order valence-corrected chi connectivity index (χ0v) is 12.7. The lowest BCUT2D eigenvalue weighted by atomic mass is 10.2. The number of benzene rings is 1. The highest BCUT2D eigenvalue weighted by Crippen LogP contribution is 2.13. The normalized spacial score (nSPS) is 17.2. The predicted octanol–water partition coefficient (Wildman–Crippen LogP) is 0.0388. The van der Waals surface area contributed by atoms with Crippen molar-refractivity contribution in [2.75, 3.05) is 31.5 Å². The summed E-state index contributed by atoms with van der Waals surface area (Å²) in [5, 5.41) is 2.59. The van der Waals surface area contributed by atoms with Gasteiger partial charge in [-0.05, 0) is 19.1 Å². The summed E-state index contributed by atoms with van der Waals surface area (Å²) < 4.78 is 26.0. The third-order valence-corrected chi connectivity index (χ3v) is 4.04. The first-order chi connectivity index (χ1) is 10.4. The molecule has 1 aromatic carbocycles. The minimum absolute atomic E-state index is 0.0398. The molecule has 1 aliphatic heterocycles. The van der Waals surface area contributed by atoms with Gasteiger partial charge in [0.05, 0.1) is 26.2 Å². The maximum atomic E-state index is 13.1. The lowest BCUT2D eigenvalue weighted by molar-refractivity contribution is -0.917. The van der Waals surface area contributed by atoms with E-state index < -0.39 is 11.6 Å². The molecule has 0 saturated carbocycles. The first-order valence-electron chi connectivity index (χ1n) is 7.24. The second-order valence-corrected chi connectivity index (χ2v) is 5.50. The monoisotopic (exact) mass is 312 g/mol. The molecule has 5 nitrogen and oxygen atoms in total. The van der Waals surface area contributed by atoms with Crippen LogP contribution in [0.4, 0.5) is 14.5 Å². The summed E-state index contributed by atoms with van der Waals surface area (Å²) in [6.07, 6.45) is 0. The highest BCUT2D eigenvalue weighted by Gasteiger charge is 2.29. The van der Waals surface area contributed by atoms with E-state index >= 15 is 0 Å². The minimum atomic E-state index is -0.993. The fourth-order valence-corrected chi connectivity index (χ4v) is 2.55. The summed E-state index contributed by atoms with van der Waals surface area (Å²) in [6.45, 7) is 5.93. The topological polar surface area (TPSA) is 53.9 Å². The highest BCUT2D eigenvalue weighted by molar-refractivity contribution is 5.93. The fourth-order valence-electron chi connectivity index (χ4n) is 2.55. The highest BCUT2D eigenvalue weighted by atomic mass is 19.2. The number of carbonyl (C=O) groups is 2. The quantitative estimate of drug-likeness (QED) is 0.828. The molecule has 1 saturated heterocycles. The minimum Gasteiger partial charge on any atom is -0.332 e. The molecule has 0 radical (unpaired) electrons. The van der Waals surface area contributed by atoms with Crippen molar-refractivity contribution in [1.82, 2.24) is 4.90 Å². The van der Waals surface area contributed by atoms with Gasteiger partial charge >= 0.3 is 0 Å². The number of halogens is 2. The van der Waals surface area contributed by atoms with Gasteiger partial charge in [0.15, 0.2) is 17.7 Å². The van der Waals surface area contributed by atoms with Crippen LogP contribution in [0.25, 0.3) is 0 Å². The molecule has 2 amide bonds. The summed E-state index contributed by atoms with van der Waals surface area (Å²) >= 11 is 0. The number of anilines is 1. The molecule has 0 aromatic heterocycles. The second-order valence-electron chi connectivity index (χ2n) is 5.50. The number of piperazine rings is 1. The number of amides is 2. The molecule has 1 aliphatic rings. The Morgan fingerprint density at radius 1 is 1.23 bits per heavy atom. The smallest absolute Gasteiger partial charge is 0.282 e. The molecule has 0 bridgehead atoms. The van der Waals surface area contributed by atoms with E-state index in [1.54, 1.807) is 11.8 Å². The Balaban J connectivity index is 1.92. The van der Waals surface area contributed by atoms with E-state index in [9.17, 15) is 18.4 Å². The summed E-state index contributed by atoms with van der Waals surface area (Å²) in [5.41, 5.74) is 0.234. The third kappa shape index (κ3) is 3.79. The number of carbonyl (C=O) groups excluding carboxylic acids is 2.